The number of ether oxygens (including phenoxy) is 3. The Balaban J connectivity index is 1.56. The normalized spacial score (nSPS) is 35.0. The fourth-order valence-electron chi connectivity index (χ4n) is 6.65. The van der Waals surface area contributed by atoms with E-state index in [0.717, 1.165) is 31.1 Å². The fraction of sp³-hybridized carbons (Fsp3) is 0.517. The fourth-order valence-corrected chi connectivity index (χ4v) is 6.65. The molecule has 36 heavy (non-hydrogen) atoms. The largest absolute Gasteiger partial charge is 0.462 e. The van der Waals surface area contributed by atoms with Crippen LogP contribution in [0.2, 0.25) is 0 Å². The van der Waals surface area contributed by atoms with Crippen molar-refractivity contribution in [2.24, 2.45) is 22.7 Å². The summed E-state index contributed by atoms with van der Waals surface area (Å²) >= 11 is 0. The summed E-state index contributed by atoms with van der Waals surface area (Å²) in [6, 6.07) is 8.63. The van der Waals surface area contributed by atoms with Gasteiger partial charge in [-0.1, -0.05) is 43.4 Å². The number of rotatable bonds is 6. The van der Waals surface area contributed by atoms with Crippen LogP contribution in [0.4, 0.5) is 0 Å². The van der Waals surface area contributed by atoms with Gasteiger partial charge in [0.05, 0.1) is 16.6 Å². The van der Waals surface area contributed by atoms with E-state index in [9.17, 15) is 19.2 Å². The highest BCUT2D eigenvalue weighted by atomic mass is 16.6. The smallest absolute Gasteiger partial charge is 0.338 e. The molecule has 0 aromatic heterocycles. The Morgan fingerprint density at radius 3 is 2.56 bits per heavy atom. The predicted octanol–water partition coefficient (Wildman–Crippen LogP) is 4.60. The molecule has 1 aromatic rings. The predicted molar refractivity (Wildman–Crippen MR) is 132 cm³/mol. The summed E-state index contributed by atoms with van der Waals surface area (Å²) in [5.74, 6) is -1.37. The van der Waals surface area contributed by atoms with Gasteiger partial charge in [0.15, 0.2) is 6.10 Å². The number of cyclic esters (lactones) is 1. The molecule has 3 aliphatic rings. The SMILES string of the molecule is C=C1CC[C@@H]2[C@](C)(C=O)[C@H](OC(C)=O)CC[C@@]2(C)[C@@H]1C/C=C1/C(=O)OC[C@H]1OC(=O)c1ccccc1. The van der Waals surface area contributed by atoms with E-state index in [0.29, 0.717) is 24.0 Å². The van der Waals surface area contributed by atoms with Gasteiger partial charge in [0.2, 0.25) is 0 Å². The molecule has 0 radical (unpaired) electrons. The summed E-state index contributed by atoms with van der Waals surface area (Å²) in [7, 11) is 0. The number of carbonyl (C=O) groups is 4. The molecule has 1 aliphatic heterocycles. The van der Waals surface area contributed by atoms with E-state index in [1.165, 1.54) is 6.92 Å². The van der Waals surface area contributed by atoms with Gasteiger partial charge in [-0.25, -0.2) is 9.59 Å². The minimum atomic E-state index is -0.801. The van der Waals surface area contributed by atoms with Crippen LogP contribution in [0.25, 0.3) is 0 Å². The molecule has 4 rings (SSSR count). The molecule has 1 heterocycles. The third-order valence-electron chi connectivity index (χ3n) is 8.57. The van der Waals surface area contributed by atoms with Gasteiger partial charge < -0.3 is 19.0 Å². The third-order valence-corrected chi connectivity index (χ3v) is 8.57. The van der Waals surface area contributed by atoms with Crippen molar-refractivity contribution in [1.82, 2.24) is 0 Å². The molecule has 7 nitrogen and oxygen atoms in total. The highest BCUT2D eigenvalue weighted by molar-refractivity contribution is 5.94. The Hall–Kier alpha value is -3.22. The van der Waals surface area contributed by atoms with E-state index in [2.05, 4.69) is 13.5 Å². The maximum atomic E-state index is 12.6. The van der Waals surface area contributed by atoms with Gasteiger partial charge in [-0.15, -0.1) is 0 Å². The molecule has 0 amide bonds. The molecule has 2 aliphatic carbocycles. The van der Waals surface area contributed by atoms with Crippen molar-refractivity contribution in [3.8, 4) is 0 Å². The average molecular weight is 495 g/mol. The maximum absolute atomic E-state index is 12.6. The molecule has 2 saturated carbocycles. The van der Waals surface area contributed by atoms with Gasteiger partial charge in [0.1, 0.15) is 19.0 Å². The molecule has 1 saturated heterocycles. The van der Waals surface area contributed by atoms with Crippen molar-refractivity contribution in [2.45, 2.75) is 65.1 Å². The highest BCUT2D eigenvalue weighted by Crippen LogP contribution is 2.61. The molecule has 0 bridgehead atoms. The number of carbonyl (C=O) groups excluding carboxylic acids is 4. The number of hydrogen-bond donors (Lipinski definition) is 0. The molecule has 6 atom stereocenters. The number of benzene rings is 1. The molecular weight excluding hydrogens is 460 g/mol. The Bertz CT molecular complexity index is 1090. The van der Waals surface area contributed by atoms with Crippen LogP contribution in [-0.2, 0) is 28.6 Å². The Morgan fingerprint density at radius 2 is 1.89 bits per heavy atom. The highest BCUT2D eigenvalue weighted by Gasteiger charge is 2.59. The van der Waals surface area contributed by atoms with Crippen LogP contribution >= 0.6 is 0 Å². The second kappa shape index (κ2) is 10.0. The first-order chi connectivity index (χ1) is 17.1. The van der Waals surface area contributed by atoms with E-state index < -0.39 is 29.6 Å². The molecule has 1 aromatic carbocycles. The van der Waals surface area contributed by atoms with Crippen molar-refractivity contribution in [3.05, 3.63) is 59.7 Å². The first kappa shape index (κ1) is 25.9. The van der Waals surface area contributed by atoms with Crippen LogP contribution in [-0.4, -0.2) is 43.0 Å². The van der Waals surface area contributed by atoms with Crippen LogP contribution in [0.1, 0.15) is 63.2 Å². The van der Waals surface area contributed by atoms with Crippen LogP contribution in [0.15, 0.2) is 54.1 Å². The maximum Gasteiger partial charge on any atom is 0.338 e. The van der Waals surface area contributed by atoms with E-state index in [1.807, 2.05) is 19.1 Å². The van der Waals surface area contributed by atoms with Crippen molar-refractivity contribution >= 4 is 24.2 Å². The summed E-state index contributed by atoms with van der Waals surface area (Å²) in [4.78, 5) is 49.2. The average Bonchev–Trinajstić information content (AvgIpc) is 3.19. The summed E-state index contributed by atoms with van der Waals surface area (Å²) in [6.07, 6.45) is 4.95. The zero-order valence-corrected chi connectivity index (χ0v) is 21.2. The number of fused-ring (bicyclic) bond motifs is 1. The van der Waals surface area contributed by atoms with Gasteiger partial charge in [-0.3, -0.25) is 4.79 Å². The van der Waals surface area contributed by atoms with Gasteiger partial charge in [-0.05, 0) is 68.4 Å². The molecule has 7 heteroatoms. The lowest BCUT2D eigenvalue weighted by Crippen LogP contribution is -2.57. The monoisotopic (exact) mass is 494 g/mol. The lowest BCUT2D eigenvalue weighted by atomic mass is 9.46. The number of hydrogen-bond acceptors (Lipinski definition) is 7. The summed E-state index contributed by atoms with van der Waals surface area (Å²) in [5.41, 5.74) is 0.755. The summed E-state index contributed by atoms with van der Waals surface area (Å²) in [6.45, 7) is 9.77. The van der Waals surface area contributed by atoms with E-state index >= 15 is 0 Å². The first-order valence-corrected chi connectivity index (χ1v) is 12.5. The van der Waals surface area contributed by atoms with E-state index in [1.54, 1.807) is 24.3 Å². The van der Waals surface area contributed by atoms with Gasteiger partial charge in [-0.2, -0.15) is 0 Å². The minimum Gasteiger partial charge on any atom is -0.462 e. The molecule has 192 valence electrons. The van der Waals surface area contributed by atoms with Gasteiger partial charge >= 0.3 is 17.9 Å². The minimum absolute atomic E-state index is 0.00302. The Labute approximate surface area is 211 Å². The van der Waals surface area contributed by atoms with E-state index in [4.69, 9.17) is 14.2 Å². The third kappa shape index (κ3) is 4.63. The zero-order valence-electron chi connectivity index (χ0n) is 21.2. The standard InChI is InChI=1S/C29H34O7/c1-18-10-13-24-28(3,15-14-25(35-19(2)31)29(24,4)17-30)22(18)12-11-21-23(16-34-27(21)33)36-26(32)20-8-6-5-7-9-20/h5-9,11,17,22-25H,1,10,12-16H2,2-4H3/b21-11+/t22-,23-,24+,25-,28+,29+/m1/s1. The van der Waals surface area contributed by atoms with Crippen LogP contribution < -0.4 is 0 Å². The van der Waals surface area contributed by atoms with Gasteiger partial charge in [0.25, 0.3) is 0 Å². The first-order valence-electron chi connectivity index (χ1n) is 12.5. The molecule has 3 fully saturated rings. The lowest BCUT2D eigenvalue weighted by molar-refractivity contribution is -0.176. The quantitative estimate of drug-likeness (QED) is 0.187. The van der Waals surface area contributed by atoms with Gasteiger partial charge in [0, 0.05) is 6.92 Å². The Morgan fingerprint density at radius 1 is 1.17 bits per heavy atom. The zero-order chi connectivity index (χ0) is 26.1. The van der Waals surface area contributed by atoms with Crippen molar-refractivity contribution in [1.29, 1.82) is 0 Å². The van der Waals surface area contributed by atoms with Crippen LogP contribution in [0.5, 0.6) is 0 Å². The number of allylic oxidation sites excluding steroid dienone is 2. The number of esters is 3. The summed E-state index contributed by atoms with van der Waals surface area (Å²) < 4.78 is 16.4. The van der Waals surface area contributed by atoms with Crippen molar-refractivity contribution < 1.29 is 33.4 Å². The van der Waals surface area contributed by atoms with Crippen molar-refractivity contribution in [2.75, 3.05) is 6.61 Å². The summed E-state index contributed by atoms with van der Waals surface area (Å²) in [5, 5.41) is 0. The van der Waals surface area contributed by atoms with Crippen LogP contribution in [0, 0.1) is 22.7 Å². The molecule has 0 unspecified atom stereocenters. The second-order valence-corrected chi connectivity index (χ2v) is 10.7. The molecular formula is C29H34O7. The lowest BCUT2D eigenvalue weighted by Gasteiger charge is -2.59. The van der Waals surface area contributed by atoms with Crippen LogP contribution in [0.3, 0.4) is 0 Å². The molecule has 0 spiro atoms. The number of aldehydes is 1. The van der Waals surface area contributed by atoms with Crippen molar-refractivity contribution in [3.63, 3.8) is 0 Å². The van der Waals surface area contributed by atoms with E-state index in [-0.39, 0.29) is 29.8 Å². The molecule has 0 N–H and O–H groups in total. The second-order valence-electron chi connectivity index (χ2n) is 10.7. The Kier molecular flexibility index (Phi) is 7.21. The topological polar surface area (TPSA) is 96.0 Å².